The number of carbonyl (C=O) groups is 2. The van der Waals surface area contributed by atoms with Gasteiger partial charge in [-0.2, -0.15) is 5.26 Å². The van der Waals surface area contributed by atoms with Gasteiger partial charge in [0.1, 0.15) is 17.7 Å². The Morgan fingerprint density at radius 3 is 2.75 bits per heavy atom. The molecular weight excluding hydrogens is 430 g/mol. The Kier molecular flexibility index (Phi) is 8.80. The first kappa shape index (κ1) is 23.5. The number of hydrogen-bond donors (Lipinski definition) is 1. The minimum atomic E-state index is -0.422. The summed E-state index contributed by atoms with van der Waals surface area (Å²) in [5.41, 5.74) is 2.25. The number of hydrogen-bond acceptors (Lipinski definition) is 7. The number of ether oxygens (including phenoxy) is 3. The Bertz CT molecular complexity index is 997. The van der Waals surface area contributed by atoms with Crippen LogP contribution >= 0.6 is 11.3 Å². The number of nitrogens with zero attached hydrogens (tertiary/aromatic N) is 2. The fourth-order valence-corrected chi connectivity index (χ4v) is 4.40. The van der Waals surface area contributed by atoms with E-state index >= 15 is 0 Å². The van der Waals surface area contributed by atoms with E-state index in [1.807, 2.05) is 30.3 Å². The van der Waals surface area contributed by atoms with Gasteiger partial charge >= 0.3 is 6.09 Å². The molecule has 0 spiro atoms. The molecule has 9 heteroatoms. The van der Waals surface area contributed by atoms with E-state index in [4.69, 9.17) is 14.2 Å². The highest BCUT2D eigenvalue weighted by Gasteiger charge is 2.28. The highest BCUT2D eigenvalue weighted by atomic mass is 32.1. The third-order valence-corrected chi connectivity index (χ3v) is 5.91. The second kappa shape index (κ2) is 12.0. The van der Waals surface area contributed by atoms with Crippen LogP contribution in [0.1, 0.15) is 21.6 Å². The molecular formula is C23H25N3O5S. The zero-order valence-corrected chi connectivity index (χ0v) is 18.7. The number of nitrogens with one attached hydrogen (secondary N) is 1. The van der Waals surface area contributed by atoms with E-state index in [0.29, 0.717) is 49.9 Å². The quantitative estimate of drug-likeness (QED) is 0.459. The molecule has 3 rings (SSSR count). The molecule has 0 saturated heterocycles. The van der Waals surface area contributed by atoms with E-state index < -0.39 is 6.09 Å². The second-order valence-corrected chi connectivity index (χ2v) is 8.05. The maximum absolute atomic E-state index is 12.3. The molecule has 2 heterocycles. The largest absolute Gasteiger partial charge is 0.447 e. The second-order valence-electron chi connectivity index (χ2n) is 6.94. The van der Waals surface area contributed by atoms with Crippen molar-refractivity contribution in [3.8, 4) is 6.07 Å². The highest BCUT2D eigenvalue weighted by molar-refractivity contribution is 7.16. The molecule has 2 aromatic rings. The first-order valence-corrected chi connectivity index (χ1v) is 11.0. The molecule has 0 bridgehead atoms. The summed E-state index contributed by atoms with van der Waals surface area (Å²) in [4.78, 5) is 27.2. The summed E-state index contributed by atoms with van der Waals surface area (Å²) in [6, 6.07) is 11.7. The molecule has 1 aromatic heterocycles. The first-order valence-electron chi connectivity index (χ1n) is 10.2. The molecule has 32 heavy (non-hydrogen) atoms. The fraction of sp³-hybridized carbons (Fsp3) is 0.348. The third-order valence-electron chi connectivity index (χ3n) is 4.78. The van der Waals surface area contributed by atoms with Crippen molar-refractivity contribution in [2.75, 3.05) is 45.4 Å². The number of nitriles is 1. The molecule has 0 atom stereocenters. The van der Waals surface area contributed by atoms with Crippen LogP contribution in [0.2, 0.25) is 0 Å². The van der Waals surface area contributed by atoms with Gasteiger partial charge in [-0.25, -0.2) is 4.79 Å². The third kappa shape index (κ3) is 6.40. The number of thiophene rings is 1. The SMILES string of the molecule is COCCOCCOC(=O)N1CCc2c(sc(NC(=O)/C=C/c3ccccc3)c2C#N)C1. The number of benzene rings is 1. The highest BCUT2D eigenvalue weighted by Crippen LogP contribution is 2.36. The molecule has 168 valence electrons. The molecule has 1 aromatic carbocycles. The summed E-state index contributed by atoms with van der Waals surface area (Å²) in [5, 5.41) is 12.9. The van der Waals surface area contributed by atoms with Gasteiger partial charge in [-0.1, -0.05) is 30.3 Å². The van der Waals surface area contributed by atoms with Gasteiger partial charge in [-0.15, -0.1) is 11.3 Å². The van der Waals surface area contributed by atoms with E-state index in [0.717, 1.165) is 16.0 Å². The molecule has 1 aliphatic rings. The number of methoxy groups -OCH3 is 1. The molecule has 0 unspecified atom stereocenters. The smallest absolute Gasteiger partial charge is 0.410 e. The van der Waals surface area contributed by atoms with Crippen molar-refractivity contribution in [2.24, 2.45) is 0 Å². The molecule has 1 aliphatic heterocycles. The van der Waals surface area contributed by atoms with Crippen LogP contribution in [0, 0.1) is 11.3 Å². The van der Waals surface area contributed by atoms with Crippen LogP contribution < -0.4 is 5.32 Å². The first-order chi connectivity index (χ1) is 15.6. The Labute approximate surface area is 191 Å². The number of amides is 2. The normalized spacial score (nSPS) is 12.9. The number of fused-ring (bicyclic) bond motifs is 1. The van der Waals surface area contributed by atoms with Crippen LogP contribution in [0.3, 0.4) is 0 Å². The van der Waals surface area contributed by atoms with Crippen molar-refractivity contribution in [2.45, 2.75) is 13.0 Å². The van der Waals surface area contributed by atoms with Gasteiger partial charge in [-0.3, -0.25) is 4.79 Å². The van der Waals surface area contributed by atoms with Gasteiger partial charge in [0.05, 0.1) is 31.9 Å². The Balaban J connectivity index is 1.57. The van der Waals surface area contributed by atoms with Gasteiger partial charge in [0.15, 0.2) is 0 Å². The average Bonchev–Trinajstić information content (AvgIpc) is 3.16. The Hall–Kier alpha value is -3.19. The monoisotopic (exact) mass is 455 g/mol. The lowest BCUT2D eigenvalue weighted by Gasteiger charge is -2.26. The van der Waals surface area contributed by atoms with Crippen LogP contribution in [0.15, 0.2) is 36.4 Å². The summed E-state index contributed by atoms with van der Waals surface area (Å²) >= 11 is 1.32. The van der Waals surface area contributed by atoms with Crippen molar-refractivity contribution in [3.63, 3.8) is 0 Å². The summed E-state index contributed by atoms with van der Waals surface area (Å²) in [6.45, 7) is 2.19. The minimum Gasteiger partial charge on any atom is -0.447 e. The maximum atomic E-state index is 12.3. The van der Waals surface area contributed by atoms with Crippen molar-refractivity contribution in [1.82, 2.24) is 4.90 Å². The van der Waals surface area contributed by atoms with Crippen LogP contribution in [0.5, 0.6) is 0 Å². The van der Waals surface area contributed by atoms with E-state index in [2.05, 4.69) is 11.4 Å². The number of rotatable bonds is 9. The number of carbonyl (C=O) groups excluding carboxylic acids is 2. The van der Waals surface area contributed by atoms with Gasteiger partial charge in [0.2, 0.25) is 5.91 Å². The summed E-state index contributed by atoms with van der Waals surface area (Å²) in [6.07, 6.45) is 3.26. The van der Waals surface area contributed by atoms with Gasteiger partial charge in [0, 0.05) is 24.6 Å². The molecule has 2 amide bonds. The lowest BCUT2D eigenvalue weighted by Crippen LogP contribution is -2.36. The molecule has 8 nitrogen and oxygen atoms in total. The zero-order valence-electron chi connectivity index (χ0n) is 17.8. The lowest BCUT2D eigenvalue weighted by molar-refractivity contribution is -0.111. The molecule has 0 saturated carbocycles. The molecule has 0 aliphatic carbocycles. The summed E-state index contributed by atoms with van der Waals surface area (Å²) in [7, 11) is 1.59. The van der Waals surface area contributed by atoms with E-state index in [-0.39, 0.29) is 12.5 Å². The topological polar surface area (TPSA) is 101 Å². The van der Waals surface area contributed by atoms with E-state index in [1.165, 1.54) is 17.4 Å². The molecule has 0 fully saturated rings. The van der Waals surface area contributed by atoms with Crippen molar-refractivity contribution >= 4 is 34.4 Å². The maximum Gasteiger partial charge on any atom is 0.410 e. The molecule has 1 N–H and O–H groups in total. The zero-order chi connectivity index (χ0) is 22.8. The van der Waals surface area contributed by atoms with Gasteiger partial charge < -0.3 is 24.4 Å². The summed E-state index contributed by atoms with van der Waals surface area (Å²) < 4.78 is 15.4. The summed E-state index contributed by atoms with van der Waals surface area (Å²) in [5.74, 6) is -0.311. The lowest BCUT2D eigenvalue weighted by atomic mass is 10.0. The minimum absolute atomic E-state index is 0.162. The predicted molar refractivity (Wildman–Crippen MR) is 121 cm³/mol. The van der Waals surface area contributed by atoms with Crippen LogP contribution in [0.4, 0.5) is 9.80 Å². The van der Waals surface area contributed by atoms with Crippen molar-refractivity contribution < 1.29 is 23.8 Å². The molecule has 0 radical (unpaired) electrons. The van der Waals surface area contributed by atoms with Crippen LogP contribution in [-0.2, 0) is 32.0 Å². The van der Waals surface area contributed by atoms with Crippen LogP contribution in [0.25, 0.3) is 6.08 Å². The fourth-order valence-electron chi connectivity index (χ4n) is 3.18. The van der Waals surface area contributed by atoms with Gasteiger partial charge in [0.25, 0.3) is 0 Å². The average molecular weight is 456 g/mol. The van der Waals surface area contributed by atoms with Crippen LogP contribution in [-0.4, -0.2) is 57.0 Å². The number of anilines is 1. The predicted octanol–water partition coefficient (Wildman–Crippen LogP) is 3.43. The Morgan fingerprint density at radius 2 is 2.00 bits per heavy atom. The van der Waals surface area contributed by atoms with Crippen molar-refractivity contribution in [1.29, 1.82) is 5.26 Å². The van der Waals surface area contributed by atoms with Gasteiger partial charge in [-0.05, 0) is 23.6 Å². The Morgan fingerprint density at radius 1 is 1.22 bits per heavy atom. The standard InChI is InChI=1S/C23H25N3O5S/c1-29-11-12-30-13-14-31-23(28)26-10-9-18-19(15-24)22(32-20(18)16-26)25-21(27)8-7-17-5-3-2-4-6-17/h2-8H,9-14,16H2,1H3,(H,25,27)/b8-7+. The van der Waals surface area contributed by atoms with E-state index in [1.54, 1.807) is 18.1 Å². The van der Waals surface area contributed by atoms with Crippen molar-refractivity contribution in [3.05, 3.63) is 58.0 Å². The van der Waals surface area contributed by atoms with E-state index in [9.17, 15) is 14.9 Å².